The molecule has 0 spiro atoms. The summed E-state index contributed by atoms with van der Waals surface area (Å²) >= 11 is 9.87. The van der Waals surface area contributed by atoms with Crippen molar-refractivity contribution in [2.45, 2.75) is 32.3 Å². The molecule has 0 unspecified atom stereocenters. The second-order valence-corrected chi connectivity index (χ2v) is 8.51. The lowest BCUT2D eigenvalue weighted by Crippen LogP contribution is -2.86. The number of phenolic OH excluding ortho intramolecular Hbond substituents is 1. The summed E-state index contributed by atoms with van der Waals surface area (Å²) < 4.78 is 7.18. The topological polar surface area (TPSA) is 63.1 Å². The smallest absolute Gasteiger partial charge is 0.341 e. The van der Waals surface area contributed by atoms with E-state index in [1.54, 1.807) is 6.07 Å². The molecule has 1 aromatic carbocycles. The van der Waals surface area contributed by atoms with Gasteiger partial charge in [0.15, 0.2) is 0 Å². The van der Waals surface area contributed by atoms with Crippen LogP contribution in [0.5, 0.6) is 5.75 Å². The third-order valence-corrected chi connectivity index (χ3v) is 6.13. The van der Waals surface area contributed by atoms with Crippen molar-refractivity contribution in [3.8, 4) is 5.75 Å². The summed E-state index contributed by atoms with van der Waals surface area (Å²) in [5.41, 5.74) is -0.233. The van der Waals surface area contributed by atoms with Crippen LogP contribution >= 0.6 is 47.8 Å². The first-order valence-electron chi connectivity index (χ1n) is 7.15. The van der Waals surface area contributed by atoms with E-state index in [-0.39, 0.29) is 5.75 Å². The van der Waals surface area contributed by atoms with E-state index in [1.165, 1.54) is 0 Å². The van der Waals surface area contributed by atoms with Gasteiger partial charge in [0, 0.05) is 23.2 Å². The van der Waals surface area contributed by atoms with Gasteiger partial charge in [0.05, 0.1) is 27.6 Å². The zero-order chi connectivity index (χ0) is 16.5. The number of carbonyl (C=O) groups is 1. The minimum absolute atomic E-state index is 0.0137. The fourth-order valence-electron chi connectivity index (χ4n) is 2.76. The third kappa shape index (κ3) is 3.86. The number of hydrogen-bond donors (Lipinski definition) is 2. The van der Waals surface area contributed by atoms with Crippen molar-refractivity contribution >= 4 is 53.8 Å². The highest BCUT2D eigenvalue weighted by molar-refractivity contribution is 9.11. The summed E-state index contributed by atoms with van der Waals surface area (Å²) in [7, 11) is 0. The minimum Gasteiger partial charge on any atom is -0.506 e. The molecular formula is C15H19Br3NO3+. The Morgan fingerprint density at radius 1 is 1.27 bits per heavy atom. The van der Waals surface area contributed by atoms with E-state index in [0.717, 1.165) is 25.9 Å². The maximum absolute atomic E-state index is 12.6. The molecule has 0 saturated carbocycles. The lowest BCUT2D eigenvalue weighted by molar-refractivity contribution is -0.665. The molecule has 0 aromatic heterocycles. The molecule has 0 bridgehead atoms. The molecule has 1 aliphatic heterocycles. The summed E-state index contributed by atoms with van der Waals surface area (Å²) in [5.74, 6) is -0.107. The van der Waals surface area contributed by atoms with Crippen LogP contribution in [0.1, 0.15) is 37.0 Å². The molecule has 1 fully saturated rings. The van der Waals surface area contributed by atoms with Crippen molar-refractivity contribution in [3.63, 3.8) is 0 Å². The fourth-order valence-corrected chi connectivity index (χ4v) is 5.21. The monoisotopic (exact) mass is 498 g/mol. The number of quaternary nitrogens is 1. The Labute approximate surface area is 155 Å². The van der Waals surface area contributed by atoms with Crippen molar-refractivity contribution in [3.05, 3.63) is 25.0 Å². The summed E-state index contributed by atoms with van der Waals surface area (Å²) in [4.78, 5) is 12.6. The highest BCUT2D eigenvalue weighted by Crippen LogP contribution is 2.40. The Bertz CT molecular complexity index is 584. The van der Waals surface area contributed by atoms with Gasteiger partial charge in [-0.1, -0.05) is 0 Å². The van der Waals surface area contributed by atoms with Crippen LogP contribution in [0.4, 0.5) is 0 Å². The normalized spacial score (nSPS) is 16.6. The molecule has 0 atom stereocenters. The number of piperidine rings is 1. The highest BCUT2D eigenvalue weighted by atomic mass is 79.9. The van der Waals surface area contributed by atoms with Crippen LogP contribution in [0.3, 0.4) is 0 Å². The predicted octanol–water partition coefficient (Wildman–Crippen LogP) is 3.59. The van der Waals surface area contributed by atoms with Crippen molar-refractivity contribution in [1.29, 1.82) is 0 Å². The van der Waals surface area contributed by atoms with Crippen molar-refractivity contribution in [2.75, 3.05) is 13.1 Å². The standard InChI is InChI=1S/C15H18Br3NO3/c1-15(2,8-3-5-19-6-4-8)22-14(21)11-9(16)7-10(17)13(20)12(11)18/h7-8,19-20H,3-6H2,1-2H3/p+1. The zero-order valence-corrected chi connectivity index (χ0v) is 17.2. The van der Waals surface area contributed by atoms with Gasteiger partial charge in [0.25, 0.3) is 0 Å². The Balaban J connectivity index is 2.23. The van der Waals surface area contributed by atoms with E-state index in [4.69, 9.17) is 4.74 Å². The minimum atomic E-state index is -0.535. The quantitative estimate of drug-likeness (QED) is 0.623. The molecule has 1 aromatic rings. The van der Waals surface area contributed by atoms with E-state index in [2.05, 4.69) is 53.1 Å². The number of nitrogens with two attached hydrogens (primary N) is 1. The average molecular weight is 501 g/mol. The van der Waals surface area contributed by atoms with Crippen LogP contribution in [0.25, 0.3) is 0 Å². The fraction of sp³-hybridized carbons (Fsp3) is 0.533. The van der Waals surface area contributed by atoms with Gasteiger partial charge in [-0.05, 0) is 67.7 Å². The summed E-state index contributed by atoms with van der Waals surface area (Å²) in [5, 5.41) is 12.3. The molecule has 22 heavy (non-hydrogen) atoms. The number of rotatable bonds is 3. The number of benzene rings is 1. The SMILES string of the molecule is CC(C)(OC(=O)c1c(Br)cc(Br)c(O)c1Br)C1CC[NH2+]CC1. The van der Waals surface area contributed by atoms with E-state index < -0.39 is 11.6 Å². The Kier molecular flexibility index (Phi) is 5.96. The summed E-state index contributed by atoms with van der Waals surface area (Å²) in [6, 6.07) is 1.64. The number of carbonyl (C=O) groups excluding carboxylic acids is 1. The highest BCUT2D eigenvalue weighted by Gasteiger charge is 2.36. The van der Waals surface area contributed by atoms with Gasteiger partial charge in [-0.3, -0.25) is 0 Å². The van der Waals surface area contributed by atoms with Gasteiger partial charge >= 0.3 is 5.97 Å². The lowest BCUT2D eigenvalue weighted by atomic mass is 9.83. The van der Waals surface area contributed by atoms with Gasteiger partial charge < -0.3 is 15.2 Å². The Morgan fingerprint density at radius 3 is 2.45 bits per heavy atom. The second kappa shape index (κ2) is 7.20. The number of halogens is 3. The van der Waals surface area contributed by atoms with Crippen molar-refractivity contribution in [2.24, 2.45) is 5.92 Å². The Hall–Kier alpha value is -0.110. The molecule has 0 amide bonds. The first kappa shape index (κ1) is 18.2. The number of esters is 1. The third-order valence-electron chi connectivity index (χ3n) is 4.13. The van der Waals surface area contributed by atoms with Crippen LogP contribution in [-0.4, -0.2) is 29.8 Å². The number of hydrogen-bond acceptors (Lipinski definition) is 3. The molecule has 2 rings (SSSR count). The molecule has 1 saturated heterocycles. The average Bonchev–Trinajstić information content (AvgIpc) is 2.45. The van der Waals surface area contributed by atoms with Crippen LogP contribution in [-0.2, 0) is 4.74 Å². The molecule has 122 valence electrons. The van der Waals surface area contributed by atoms with Gasteiger partial charge in [-0.15, -0.1) is 0 Å². The maximum atomic E-state index is 12.6. The van der Waals surface area contributed by atoms with Crippen LogP contribution < -0.4 is 5.32 Å². The van der Waals surface area contributed by atoms with Crippen LogP contribution in [0.2, 0.25) is 0 Å². The summed E-state index contributed by atoms with van der Waals surface area (Å²) in [6.07, 6.45) is 2.07. The predicted molar refractivity (Wildman–Crippen MR) is 95.1 cm³/mol. The molecule has 1 heterocycles. The van der Waals surface area contributed by atoms with Gasteiger partial charge in [-0.25, -0.2) is 4.79 Å². The molecule has 0 aliphatic carbocycles. The van der Waals surface area contributed by atoms with Crippen molar-refractivity contribution < 1.29 is 20.0 Å². The molecule has 0 radical (unpaired) electrons. The molecule has 1 aliphatic rings. The number of ether oxygens (including phenoxy) is 1. The summed E-state index contributed by atoms with van der Waals surface area (Å²) in [6.45, 7) is 6.05. The largest absolute Gasteiger partial charge is 0.506 e. The molecular weight excluding hydrogens is 482 g/mol. The van der Waals surface area contributed by atoms with Gasteiger partial charge in [0.1, 0.15) is 11.4 Å². The molecule has 3 N–H and O–H groups in total. The molecule has 4 nitrogen and oxygen atoms in total. The second-order valence-electron chi connectivity index (χ2n) is 6.01. The lowest BCUT2D eigenvalue weighted by Gasteiger charge is -2.35. The van der Waals surface area contributed by atoms with Gasteiger partial charge in [0.2, 0.25) is 0 Å². The van der Waals surface area contributed by atoms with Crippen LogP contribution in [0, 0.1) is 5.92 Å². The number of phenols is 1. The van der Waals surface area contributed by atoms with Crippen molar-refractivity contribution in [1.82, 2.24) is 0 Å². The zero-order valence-electron chi connectivity index (χ0n) is 12.5. The maximum Gasteiger partial charge on any atom is 0.341 e. The first-order valence-corrected chi connectivity index (χ1v) is 9.53. The van der Waals surface area contributed by atoms with E-state index in [9.17, 15) is 9.90 Å². The molecule has 7 heteroatoms. The van der Waals surface area contributed by atoms with E-state index in [0.29, 0.717) is 24.9 Å². The Morgan fingerprint density at radius 2 is 1.86 bits per heavy atom. The van der Waals surface area contributed by atoms with Gasteiger partial charge in [-0.2, -0.15) is 0 Å². The van der Waals surface area contributed by atoms with E-state index in [1.807, 2.05) is 13.8 Å². The van der Waals surface area contributed by atoms with Crippen LogP contribution in [0.15, 0.2) is 19.5 Å². The first-order chi connectivity index (χ1) is 10.2. The van der Waals surface area contributed by atoms with E-state index >= 15 is 0 Å². The number of aromatic hydroxyl groups is 1.